The summed E-state index contributed by atoms with van der Waals surface area (Å²) in [6, 6.07) is 15.7. The van der Waals surface area contributed by atoms with E-state index in [4.69, 9.17) is 4.42 Å². The van der Waals surface area contributed by atoms with Crippen LogP contribution in [-0.4, -0.2) is 54.3 Å². The molecule has 33 heavy (non-hydrogen) atoms. The summed E-state index contributed by atoms with van der Waals surface area (Å²) in [5.74, 6) is 0.999. The van der Waals surface area contributed by atoms with E-state index in [1.165, 1.54) is 17.0 Å². The first kappa shape index (κ1) is 21.4. The molecule has 0 N–H and O–H groups in total. The number of benzene rings is 2. The van der Waals surface area contributed by atoms with E-state index < -0.39 is 0 Å². The van der Waals surface area contributed by atoms with Crippen LogP contribution >= 0.6 is 0 Å². The molecule has 2 aliphatic heterocycles. The van der Waals surface area contributed by atoms with Crippen LogP contribution in [0.5, 0.6) is 0 Å². The van der Waals surface area contributed by atoms with Crippen molar-refractivity contribution in [3.8, 4) is 0 Å². The van der Waals surface area contributed by atoms with Crippen LogP contribution in [0.25, 0.3) is 0 Å². The maximum absolute atomic E-state index is 13.5. The Hall–Kier alpha value is -3.45. The molecule has 0 spiro atoms. The van der Waals surface area contributed by atoms with E-state index in [0.29, 0.717) is 17.5 Å². The van der Waals surface area contributed by atoms with Crippen molar-refractivity contribution in [2.75, 3.05) is 37.6 Å². The highest BCUT2D eigenvalue weighted by Crippen LogP contribution is 2.32. The molecule has 0 aliphatic carbocycles. The van der Waals surface area contributed by atoms with Crippen molar-refractivity contribution in [2.24, 2.45) is 0 Å². The molecule has 1 aromatic heterocycles. The first-order valence-electron chi connectivity index (χ1n) is 11.3. The standard InChI is InChI=1S/C26H26FN3O3/c1-18-8-9-21(33-18)17-28-12-14-29(15-13-28)23-7-3-6-22-24(23)26(32)30(25(22)31)11-10-19-4-2-5-20(27)16-19/h2-9,16H,10-15,17H2,1H3. The van der Waals surface area contributed by atoms with Crippen LogP contribution in [0.15, 0.2) is 59.0 Å². The summed E-state index contributed by atoms with van der Waals surface area (Å²) in [5.41, 5.74) is 2.50. The van der Waals surface area contributed by atoms with Crippen molar-refractivity contribution in [3.05, 3.63) is 88.6 Å². The number of aryl methyl sites for hydroxylation is 1. The molecule has 1 fully saturated rings. The van der Waals surface area contributed by atoms with Gasteiger partial charge in [-0.05, 0) is 55.3 Å². The normalized spacial score (nSPS) is 16.5. The van der Waals surface area contributed by atoms with E-state index >= 15 is 0 Å². The minimum Gasteiger partial charge on any atom is -0.465 e. The Bertz CT molecular complexity index is 1200. The summed E-state index contributed by atoms with van der Waals surface area (Å²) in [4.78, 5) is 32.0. The number of piperazine rings is 1. The van der Waals surface area contributed by atoms with E-state index in [2.05, 4.69) is 9.80 Å². The van der Waals surface area contributed by atoms with Gasteiger partial charge in [-0.25, -0.2) is 4.39 Å². The monoisotopic (exact) mass is 447 g/mol. The number of carbonyl (C=O) groups is 2. The van der Waals surface area contributed by atoms with Crippen molar-refractivity contribution >= 4 is 17.5 Å². The molecule has 0 atom stereocenters. The van der Waals surface area contributed by atoms with E-state index in [9.17, 15) is 14.0 Å². The summed E-state index contributed by atoms with van der Waals surface area (Å²) >= 11 is 0. The lowest BCUT2D eigenvalue weighted by molar-refractivity contribution is 0.0656. The average Bonchev–Trinajstić information content (AvgIpc) is 3.33. The number of halogens is 1. The highest BCUT2D eigenvalue weighted by Gasteiger charge is 2.38. The van der Waals surface area contributed by atoms with Gasteiger partial charge in [0.25, 0.3) is 11.8 Å². The van der Waals surface area contributed by atoms with Gasteiger partial charge in [0, 0.05) is 32.7 Å². The predicted molar refractivity (Wildman–Crippen MR) is 123 cm³/mol. The lowest BCUT2D eigenvalue weighted by Crippen LogP contribution is -2.46. The first-order chi connectivity index (χ1) is 16.0. The van der Waals surface area contributed by atoms with Crippen molar-refractivity contribution in [3.63, 3.8) is 0 Å². The molecular weight excluding hydrogens is 421 g/mol. The Morgan fingerprint density at radius 3 is 2.45 bits per heavy atom. The molecule has 0 unspecified atom stereocenters. The Morgan fingerprint density at radius 1 is 0.939 bits per heavy atom. The van der Waals surface area contributed by atoms with E-state index in [1.807, 2.05) is 31.2 Å². The molecule has 1 saturated heterocycles. The summed E-state index contributed by atoms with van der Waals surface area (Å²) in [6.07, 6.45) is 0.420. The van der Waals surface area contributed by atoms with Gasteiger partial charge in [-0.15, -0.1) is 0 Å². The molecule has 3 heterocycles. The highest BCUT2D eigenvalue weighted by atomic mass is 19.1. The van der Waals surface area contributed by atoms with Crippen molar-refractivity contribution < 1.29 is 18.4 Å². The number of anilines is 1. The number of furan rings is 1. The number of hydrogen-bond donors (Lipinski definition) is 0. The van der Waals surface area contributed by atoms with Crippen LogP contribution in [0.3, 0.4) is 0 Å². The van der Waals surface area contributed by atoms with Gasteiger partial charge in [0.1, 0.15) is 17.3 Å². The van der Waals surface area contributed by atoms with Crippen molar-refractivity contribution in [1.29, 1.82) is 0 Å². The summed E-state index contributed by atoms with van der Waals surface area (Å²) in [6.45, 7) is 6.15. The first-order valence-corrected chi connectivity index (χ1v) is 11.3. The molecule has 6 nitrogen and oxygen atoms in total. The topological polar surface area (TPSA) is 57.0 Å². The Morgan fingerprint density at radius 2 is 1.73 bits per heavy atom. The summed E-state index contributed by atoms with van der Waals surface area (Å²) in [7, 11) is 0. The third kappa shape index (κ3) is 4.28. The van der Waals surface area contributed by atoms with Crippen molar-refractivity contribution in [2.45, 2.75) is 19.9 Å². The molecule has 0 saturated carbocycles. The Balaban J connectivity index is 1.28. The van der Waals surface area contributed by atoms with Crippen molar-refractivity contribution in [1.82, 2.24) is 9.80 Å². The molecule has 3 aromatic rings. The van der Waals surface area contributed by atoms with E-state index in [0.717, 1.165) is 55.5 Å². The third-order valence-electron chi connectivity index (χ3n) is 6.38. The molecule has 0 radical (unpaired) electrons. The summed E-state index contributed by atoms with van der Waals surface area (Å²) < 4.78 is 19.2. The fourth-order valence-electron chi connectivity index (χ4n) is 4.65. The molecule has 2 amide bonds. The van der Waals surface area contributed by atoms with Crippen LogP contribution in [-0.2, 0) is 13.0 Å². The zero-order chi connectivity index (χ0) is 22.9. The predicted octanol–water partition coefficient (Wildman–Crippen LogP) is 3.89. The minimum absolute atomic E-state index is 0.228. The van der Waals surface area contributed by atoms with Gasteiger partial charge in [0.2, 0.25) is 0 Å². The van der Waals surface area contributed by atoms with Gasteiger partial charge in [-0.3, -0.25) is 19.4 Å². The van der Waals surface area contributed by atoms with Gasteiger partial charge in [0.15, 0.2) is 0 Å². The van der Waals surface area contributed by atoms with Gasteiger partial charge < -0.3 is 9.32 Å². The minimum atomic E-state index is -0.321. The molecule has 0 bridgehead atoms. The number of imide groups is 1. The molecule has 170 valence electrons. The second-order valence-electron chi connectivity index (χ2n) is 8.62. The smallest absolute Gasteiger partial charge is 0.263 e. The maximum atomic E-state index is 13.5. The summed E-state index contributed by atoms with van der Waals surface area (Å²) in [5, 5.41) is 0. The van der Waals surface area contributed by atoms with Gasteiger partial charge in [-0.2, -0.15) is 0 Å². The zero-order valence-electron chi connectivity index (χ0n) is 18.6. The van der Waals surface area contributed by atoms with Crippen LogP contribution in [0.1, 0.15) is 37.8 Å². The van der Waals surface area contributed by atoms with Gasteiger partial charge in [-0.1, -0.05) is 18.2 Å². The molecule has 2 aliphatic rings. The largest absolute Gasteiger partial charge is 0.465 e. The fraction of sp³-hybridized carbons (Fsp3) is 0.308. The molecular formula is C26H26FN3O3. The van der Waals surface area contributed by atoms with Crippen LogP contribution in [0.4, 0.5) is 10.1 Å². The zero-order valence-corrected chi connectivity index (χ0v) is 18.6. The second-order valence-corrected chi connectivity index (χ2v) is 8.62. The number of fused-ring (bicyclic) bond motifs is 1. The lowest BCUT2D eigenvalue weighted by atomic mass is 10.1. The number of amides is 2. The lowest BCUT2D eigenvalue weighted by Gasteiger charge is -2.36. The number of nitrogens with zero attached hydrogens (tertiary/aromatic N) is 3. The number of hydrogen-bond acceptors (Lipinski definition) is 5. The van der Waals surface area contributed by atoms with Crippen LogP contribution in [0, 0.1) is 12.7 Å². The van der Waals surface area contributed by atoms with Gasteiger partial charge >= 0.3 is 0 Å². The fourth-order valence-corrected chi connectivity index (χ4v) is 4.65. The van der Waals surface area contributed by atoms with E-state index in [1.54, 1.807) is 18.2 Å². The third-order valence-corrected chi connectivity index (χ3v) is 6.38. The average molecular weight is 448 g/mol. The molecule has 7 heteroatoms. The SMILES string of the molecule is Cc1ccc(CN2CCN(c3cccc4c3C(=O)N(CCc3cccc(F)c3)C4=O)CC2)o1. The van der Waals surface area contributed by atoms with Crippen LogP contribution in [0.2, 0.25) is 0 Å². The number of carbonyl (C=O) groups excluding carboxylic acids is 2. The molecule has 5 rings (SSSR count). The highest BCUT2D eigenvalue weighted by molar-refractivity contribution is 6.23. The van der Waals surface area contributed by atoms with Gasteiger partial charge in [0.05, 0.1) is 23.4 Å². The Kier molecular flexibility index (Phi) is 5.72. The quantitative estimate of drug-likeness (QED) is 0.537. The maximum Gasteiger partial charge on any atom is 0.263 e. The van der Waals surface area contributed by atoms with Crippen LogP contribution < -0.4 is 4.90 Å². The van der Waals surface area contributed by atoms with E-state index in [-0.39, 0.29) is 24.2 Å². The second kappa shape index (κ2) is 8.83. The number of rotatable bonds is 6. The Labute approximate surface area is 192 Å². The molecule has 2 aromatic carbocycles.